The van der Waals surface area contributed by atoms with Gasteiger partial charge in [-0.3, -0.25) is 9.69 Å². The van der Waals surface area contributed by atoms with Crippen LogP contribution < -0.4 is 0 Å². The third kappa shape index (κ3) is 5.03. The van der Waals surface area contributed by atoms with Crippen molar-refractivity contribution in [1.82, 2.24) is 9.21 Å². The highest BCUT2D eigenvalue weighted by molar-refractivity contribution is 7.89. The first-order chi connectivity index (χ1) is 11.9. The van der Waals surface area contributed by atoms with Crippen LogP contribution in [0.2, 0.25) is 0 Å². The van der Waals surface area contributed by atoms with Gasteiger partial charge in [-0.15, -0.1) is 0 Å². The van der Waals surface area contributed by atoms with Crippen molar-refractivity contribution < 1.29 is 17.9 Å². The van der Waals surface area contributed by atoms with Gasteiger partial charge in [0, 0.05) is 25.7 Å². The summed E-state index contributed by atoms with van der Waals surface area (Å²) in [5.74, 6) is -0.305. The highest BCUT2D eigenvalue weighted by atomic mass is 32.2. The Kier molecular flexibility index (Phi) is 6.98. The van der Waals surface area contributed by atoms with Gasteiger partial charge in [-0.1, -0.05) is 31.0 Å². The number of benzene rings is 1. The molecule has 1 aliphatic heterocycles. The molecule has 6 nitrogen and oxygen atoms in total. The van der Waals surface area contributed by atoms with Gasteiger partial charge in [-0.25, -0.2) is 8.42 Å². The highest BCUT2D eigenvalue weighted by Crippen LogP contribution is 2.22. The third-order valence-corrected chi connectivity index (χ3v) is 6.53. The number of sulfonamides is 1. The standard InChI is InChI=1S/C18H28N2O4S/c1-4-5-10-19-11-12-20(14-16(19)13-18(21)24-3)25(22,23)17-8-6-15(2)7-9-17/h6-9,16H,4-5,10-14H2,1-3H3. The second-order valence-electron chi connectivity index (χ2n) is 6.50. The number of rotatable bonds is 7. The average molecular weight is 368 g/mol. The van der Waals surface area contributed by atoms with E-state index in [0.717, 1.165) is 24.9 Å². The molecule has 1 aliphatic rings. The lowest BCUT2D eigenvalue weighted by atomic mass is 10.1. The molecular formula is C18H28N2O4S. The molecule has 0 aliphatic carbocycles. The fourth-order valence-electron chi connectivity index (χ4n) is 3.07. The molecule has 140 valence electrons. The molecule has 1 heterocycles. The SMILES string of the molecule is CCCCN1CCN(S(=O)(=O)c2ccc(C)cc2)CC1CC(=O)OC. The summed E-state index contributed by atoms with van der Waals surface area (Å²) in [6, 6.07) is 6.74. The number of carbonyl (C=O) groups excluding carboxylic acids is 1. The molecule has 25 heavy (non-hydrogen) atoms. The van der Waals surface area contributed by atoms with Gasteiger partial charge in [0.1, 0.15) is 0 Å². The van der Waals surface area contributed by atoms with Crippen molar-refractivity contribution in [3.8, 4) is 0 Å². The summed E-state index contributed by atoms with van der Waals surface area (Å²) in [7, 11) is -2.18. The van der Waals surface area contributed by atoms with Crippen LogP contribution >= 0.6 is 0 Å². The molecule has 1 unspecified atom stereocenters. The molecule has 1 fully saturated rings. The molecule has 0 saturated carbocycles. The minimum atomic E-state index is -3.54. The Balaban J connectivity index is 2.17. The number of unbranched alkanes of at least 4 members (excludes halogenated alkanes) is 1. The van der Waals surface area contributed by atoms with E-state index in [2.05, 4.69) is 11.8 Å². The maximum absolute atomic E-state index is 12.9. The number of methoxy groups -OCH3 is 1. The van der Waals surface area contributed by atoms with Crippen LogP contribution in [0.4, 0.5) is 0 Å². The van der Waals surface area contributed by atoms with Crippen molar-refractivity contribution in [2.24, 2.45) is 0 Å². The zero-order valence-electron chi connectivity index (χ0n) is 15.3. The zero-order valence-corrected chi connectivity index (χ0v) is 16.1. The Bertz CT molecular complexity index is 673. The lowest BCUT2D eigenvalue weighted by Gasteiger charge is -2.40. The van der Waals surface area contributed by atoms with Crippen molar-refractivity contribution in [3.63, 3.8) is 0 Å². The summed E-state index contributed by atoms with van der Waals surface area (Å²) in [4.78, 5) is 14.3. The van der Waals surface area contributed by atoms with Crippen LogP contribution in [0.25, 0.3) is 0 Å². The van der Waals surface area contributed by atoms with E-state index >= 15 is 0 Å². The number of hydrogen-bond donors (Lipinski definition) is 0. The molecule has 0 bridgehead atoms. The molecule has 0 radical (unpaired) electrons. The van der Waals surface area contributed by atoms with E-state index in [9.17, 15) is 13.2 Å². The second kappa shape index (κ2) is 8.78. The zero-order chi connectivity index (χ0) is 18.4. The first-order valence-electron chi connectivity index (χ1n) is 8.76. The van der Waals surface area contributed by atoms with Gasteiger partial charge in [0.05, 0.1) is 18.4 Å². The van der Waals surface area contributed by atoms with Crippen LogP contribution in [0.3, 0.4) is 0 Å². The van der Waals surface area contributed by atoms with Gasteiger partial charge < -0.3 is 4.74 Å². The normalized spacial score (nSPS) is 19.7. The lowest BCUT2D eigenvalue weighted by Crippen LogP contribution is -2.55. The van der Waals surface area contributed by atoms with Crippen LogP contribution in [0, 0.1) is 6.92 Å². The predicted octanol–water partition coefficient (Wildman–Crippen LogP) is 2.03. The smallest absolute Gasteiger partial charge is 0.307 e. The molecule has 1 atom stereocenters. The Labute approximate surface area is 150 Å². The number of piperazine rings is 1. The topological polar surface area (TPSA) is 66.9 Å². The summed E-state index contributed by atoms with van der Waals surface area (Å²) in [5.41, 5.74) is 1.02. The van der Waals surface area contributed by atoms with E-state index in [0.29, 0.717) is 24.5 Å². The quantitative estimate of drug-likeness (QED) is 0.689. The number of nitrogens with zero attached hydrogens (tertiary/aromatic N) is 2. The maximum atomic E-state index is 12.9. The second-order valence-corrected chi connectivity index (χ2v) is 8.44. The van der Waals surface area contributed by atoms with E-state index < -0.39 is 10.0 Å². The number of carbonyl (C=O) groups is 1. The number of hydrogen-bond acceptors (Lipinski definition) is 5. The fraction of sp³-hybridized carbons (Fsp3) is 0.611. The van der Waals surface area contributed by atoms with Gasteiger partial charge in [-0.2, -0.15) is 4.31 Å². The van der Waals surface area contributed by atoms with Gasteiger partial charge in [0.25, 0.3) is 0 Å². The van der Waals surface area contributed by atoms with E-state index in [1.165, 1.54) is 11.4 Å². The highest BCUT2D eigenvalue weighted by Gasteiger charge is 2.35. The van der Waals surface area contributed by atoms with Gasteiger partial charge in [0.2, 0.25) is 10.0 Å². The molecule has 0 N–H and O–H groups in total. The van der Waals surface area contributed by atoms with Gasteiger partial charge in [-0.05, 0) is 32.0 Å². The van der Waals surface area contributed by atoms with Crippen molar-refractivity contribution in [2.45, 2.75) is 44.0 Å². The van der Waals surface area contributed by atoms with Crippen LogP contribution in [0.15, 0.2) is 29.2 Å². The van der Waals surface area contributed by atoms with E-state index in [1.807, 2.05) is 6.92 Å². The average Bonchev–Trinajstić information content (AvgIpc) is 2.60. The van der Waals surface area contributed by atoms with Crippen LogP contribution in [0.1, 0.15) is 31.7 Å². The molecule has 1 aromatic rings. The lowest BCUT2D eigenvalue weighted by molar-refractivity contribution is -0.142. The van der Waals surface area contributed by atoms with Crippen molar-refractivity contribution >= 4 is 16.0 Å². The van der Waals surface area contributed by atoms with Crippen molar-refractivity contribution in [2.75, 3.05) is 33.3 Å². The Morgan fingerprint density at radius 1 is 1.24 bits per heavy atom. The molecule has 1 aromatic carbocycles. The van der Waals surface area contributed by atoms with Gasteiger partial charge in [0.15, 0.2) is 0 Å². The third-order valence-electron chi connectivity index (χ3n) is 4.65. The van der Waals surface area contributed by atoms with Gasteiger partial charge >= 0.3 is 5.97 Å². The first-order valence-corrected chi connectivity index (χ1v) is 10.2. The predicted molar refractivity (Wildman–Crippen MR) is 96.8 cm³/mol. The van der Waals surface area contributed by atoms with E-state index in [1.54, 1.807) is 24.3 Å². The van der Waals surface area contributed by atoms with Crippen LogP contribution in [-0.4, -0.2) is 62.9 Å². The summed E-state index contributed by atoms with van der Waals surface area (Å²) in [6.07, 6.45) is 2.30. The minimum absolute atomic E-state index is 0.145. The van der Waals surface area contributed by atoms with Crippen LogP contribution in [0.5, 0.6) is 0 Å². The maximum Gasteiger partial charge on any atom is 0.307 e. The fourth-order valence-corrected chi connectivity index (χ4v) is 4.54. The van der Waals surface area contributed by atoms with Crippen molar-refractivity contribution in [1.29, 1.82) is 0 Å². The molecule has 0 aromatic heterocycles. The largest absolute Gasteiger partial charge is 0.469 e. The monoisotopic (exact) mass is 368 g/mol. The Morgan fingerprint density at radius 3 is 2.52 bits per heavy atom. The number of esters is 1. The molecule has 2 rings (SSSR count). The Hall–Kier alpha value is -1.44. The summed E-state index contributed by atoms with van der Waals surface area (Å²) < 4.78 is 32.1. The molecule has 7 heteroatoms. The van der Waals surface area contributed by atoms with E-state index in [-0.39, 0.29) is 18.4 Å². The number of aryl methyl sites for hydroxylation is 1. The Morgan fingerprint density at radius 2 is 1.92 bits per heavy atom. The summed E-state index contributed by atoms with van der Waals surface area (Å²) >= 11 is 0. The first kappa shape index (κ1) is 19.9. The molecule has 0 spiro atoms. The summed E-state index contributed by atoms with van der Waals surface area (Å²) in [5, 5.41) is 0. The molecule has 0 amide bonds. The van der Waals surface area contributed by atoms with Crippen molar-refractivity contribution in [3.05, 3.63) is 29.8 Å². The minimum Gasteiger partial charge on any atom is -0.469 e. The molecule has 1 saturated heterocycles. The summed E-state index contributed by atoms with van der Waals surface area (Å²) in [6.45, 7) is 6.30. The number of ether oxygens (including phenoxy) is 1. The van der Waals surface area contributed by atoms with Crippen LogP contribution in [-0.2, 0) is 19.6 Å². The van der Waals surface area contributed by atoms with E-state index in [4.69, 9.17) is 4.74 Å². The molecular weight excluding hydrogens is 340 g/mol.